The molecule has 0 atom stereocenters. The molecule has 0 fully saturated rings. The molecule has 3 N–H and O–H groups in total. The van der Waals surface area contributed by atoms with Gasteiger partial charge in [-0.15, -0.1) is 0 Å². The predicted molar refractivity (Wildman–Crippen MR) is 82.5 cm³/mol. The molecule has 112 valence electrons. The number of nitrogens with zero attached hydrogens (tertiary/aromatic N) is 3. The molecule has 0 unspecified atom stereocenters. The second kappa shape index (κ2) is 5.87. The Kier molecular flexibility index (Phi) is 4.16. The average molecular weight is 288 g/mol. The van der Waals surface area contributed by atoms with Gasteiger partial charge in [0.25, 0.3) is 0 Å². The highest BCUT2D eigenvalue weighted by atomic mass is 16.4. The molecule has 0 saturated heterocycles. The van der Waals surface area contributed by atoms with Gasteiger partial charge in [-0.1, -0.05) is 0 Å². The molecule has 0 spiro atoms. The van der Waals surface area contributed by atoms with Crippen molar-refractivity contribution < 1.29 is 9.90 Å². The molecular formula is C15H20N4O2. The van der Waals surface area contributed by atoms with Gasteiger partial charge in [-0.25, -0.2) is 4.79 Å². The van der Waals surface area contributed by atoms with Gasteiger partial charge in [0.15, 0.2) is 0 Å². The van der Waals surface area contributed by atoms with E-state index in [1.54, 1.807) is 12.1 Å². The van der Waals surface area contributed by atoms with Crippen molar-refractivity contribution in [1.82, 2.24) is 9.78 Å². The molecule has 0 amide bonds. The highest BCUT2D eigenvalue weighted by Crippen LogP contribution is 2.24. The lowest BCUT2D eigenvalue weighted by molar-refractivity contribution is 0.0697. The number of carbonyl (C=O) groups is 1. The third-order valence-electron chi connectivity index (χ3n) is 3.28. The standard InChI is InChI=1S/C15H20N4O2/c1-10(2)19-7-6-12(17-19)9-18(3)14-5-4-11(15(20)21)8-13(14)16/h4-8,10H,9,16H2,1-3H3,(H,20,21). The molecule has 0 aliphatic heterocycles. The number of nitrogen functional groups attached to an aromatic ring is 1. The quantitative estimate of drug-likeness (QED) is 0.825. The maximum absolute atomic E-state index is 10.9. The summed E-state index contributed by atoms with van der Waals surface area (Å²) in [5.74, 6) is -0.980. The third kappa shape index (κ3) is 3.34. The second-order valence-corrected chi connectivity index (χ2v) is 5.32. The fraction of sp³-hybridized carbons (Fsp3) is 0.333. The minimum absolute atomic E-state index is 0.189. The van der Waals surface area contributed by atoms with Gasteiger partial charge < -0.3 is 15.7 Å². The average Bonchev–Trinajstić information content (AvgIpc) is 2.87. The van der Waals surface area contributed by atoms with E-state index in [1.165, 1.54) is 6.07 Å². The van der Waals surface area contributed by atoms with Crippen LogP contribution < -0.4 is 10.6 Å². The van der Waals surface area contributed by atoms with E-state index in [0.29, 0.717) is 18.3 Å². The molecule has 0 bridgehead atoms. The van der Waals surface area contributed by atoms with E-state index < -0.39 is 5.97 Å². The summed E-state index contributed by atoms with van der Waals surface area (Å²) in [6.45, 7) is 4.75. The fourth-order valence-corrected chi connectivity index (χ4v) is 2.11. The van der Waals surface area contributed by atoms with Crippen LogP contribution in [0.2, 0.25) is 0 Å². The van der Waals surface area contributed by atoms with E-state index in [9.17, 15) is 4.79 Å². The van der Waals surface area contributed by atoms with Gasteiger partial charge in [0.2, 0.25) is 0 Å². The van der Waals surface area contributed by atoms with Crippen LogP contribution in [0.15, 0.2) is 30.5 Å². The monoisotopic (exact) mass is 288 g/mol. The number of aromatic nitrogens is 2. The molecule has 0 aliphatic carbocycles. The van der Waals surface area contributed by atoms with Crippen LogP contribution in [0, 0.1) is 0 Å². The Morgan fingerprint density at radius 3 is 2.67 bits per heavy atom. The van der Waals surface area contributed by atoms with Gasteiger partial charge in [-0.2, -0.15) is 5.10 Å². The highest BCUT2D eigenvalue weighted by Gasteiger charge is 2.11. The van der Waals surface area contributed by atoms with Gasteiger partial charge >= 0.3 is 5.97 Å². The Bertz CT molecular complexity index is 649. The maximum atomic E-state index is 10.9. The number of hydrogen-bond acceptors (Lipinski definition) is 4. The van der Waals surface area contributed by atoms with E-state index in [0.717, 1.165) is 11.4 Å². The third-order valence-corrected chi connectivity index (χ3v) is 3.28. The van der Waals surface area contributed by atoms with E-state index >= 15 is 0 Å². The molecule has 1 aromatic heterocycles. The number of benzene rings is 1. The number of hydrogen-bond donors (Lipinski definition) is 2. The molecule has 6 nitrogen and oxygen atoms in total. The number of carboxylic acid groups (broad SMARTS) is 1. The summed E-state index contributed by atoms with van der Waals surface area (Å²) >= 11 is 0. The van der Waals surface area contributed by atoms with Crippen LogP contribution in [0.3, 0.4) is 0 Å². The van der Waals surface area contributed by atoms with Gasteiger partial charge in [0.1, 0.15) is 0 Å². The molecule has 0 aliphatic rings. The summed E-state index contributed by atoms with van der Waals surface area (Å²) < 4.78 is 1.90. The van der Waals surface area contributed by atoms with Crippen LogP contribution in [0.1, 0.15) is 35.9 Å². The molecule has 2 aromatic rings. The van der Waals surface area contributed by atoms with Gasteiger partial charge in [-0.3, -0.25) is 4.68 Å². The van der Waals surface area contributed by atoms with Gasteiger partial charge in [0.05, 0.1) is 29.2 Å². The van der Waals surface area contributed by atoms with Crippen LogP contribution in [0.25, 0.3) is 0 Å². The van der Waals surface area contributed by atoms with E-state index in [2.05, 4.69) is 18.9 Å². The smallest absolute Gasteiger partial charge is 0.335 e. The fourth-order valence-electron chi connectivity index (χ4n) is 2.11. The van der Waals surface area contributed by atoms with Crippen LogP contribution >= 0.6 is 0 Å². The highest BCUT2D eigenvalue weighted by molar-refractivity contribution is 5.90. The van der Waals surface area contributed by atoms with Crippen molar-refractivity contribution >= 4 is 17.3 Å². The Morgan fingerprint density at radius 1 is 1.43 bits per heavy atom. The molecule has 0 saturated carbocycles. The lowest BCUT2D eigenvalue weighted by Crippen LogP contribution is -2.18. The molecule has 6 heteroatoms. The summed E-state index contributed by atoms with van der Waals surface area (Å²) in [6, 6.07) is 7.04. The number of rotatable bonds is 5. The molecule has 0 radical (unpaired) electrons. The van der Waals surface area contributed by atoms with Crippen LogP contribution in [0.4, 0.5) is 11.4 Å². The van der Waals surface area contributed by atoms with E-state index in [1.807, 2.05) is 28.9 Å². The van der Waals surface area contributed by atoms with Crippen molar-refractivity contribution in [2.24, 2.45) is 0 Å². The zero-order chi connectivity index (χ0) is 15.6. The van der Waals surface area contributed by atoms with Crippen LogP contribution in [-0.4, -0.2) is 27.9 Å². The number of anilines is 2. The number of nitrogens with two attached hydrogens (primary N) is 1. The molecule has 21 heavy (non-hydrogen) atoms. The maximum Gasteiger partial charge on any atom is 0.335 e. The lowest BCUT2D eigenvalue weighted by Gasteiger charge is -2.20. The second-order valence-electron chi connectivity index (χ2n) is 5.32. The summed E-state index contributed by atoms with van der Waals surface area (Å²) in [5, 5.41) is 13.4. The molecular weight excluding hydrogens is 268 g/mol. The lowest BCUT2D eigenvalue weighted by atomic mass is 10.1. The first-order chi connectivity index (χ1) is 9.88. The first-order valence-corrected chi connectivity index (χ1v) is 6.76. The SMILES string of the molecule is CC(C)n1ccc(CN(C)c2ccc(C(=O)O)cc2N)n1. The van der Waals surface area contributed by atoms with Crippen LogP contribution in [0.5, 0.6) is 0 Å². The first kappa shape index (κ1) is 14.9. The Balaban J connectivity index is 2.16. The summed E-state index contributed by atoms with van der Waals surface area (Å²) in [7, 11) is 1.90. The normalized spacial score (nSPS) is 10.9. The zero-order valence-electron chi connectivity index (χ0n) is 12.4. The summed E-state index contributed by atoms with van der Waals surface area (Å²) in [6.07, 6.45) is 1.95. The zero-order valence-corrected chi connectivity index (χ0v) is 12.4. The van der Waals surface area contributed by atoms with Crippen molar-refractivity contribution in [1.29, 1.82) is 0 Å². The number of carboxylic acids is 1. The van der Waals surface area contributed by atoms with Crippen LogP contribution in [-0.2, 0) is 6.54 Å². The Labute approximate surface area is 123 Å². The minimum atomic E-state index is -0.980. The number of aromatic carboxylic acids is 1. The Morgan fingerprint density at radius 2 is 2.14 bits per heavy atom. The molecule has 2 rings (SSSR count). The van der Waals surface area contributed by atoms with Crippen molar-refractivity contribution in [3.05, 3.63) is 41.7 Å². The molecule has 1 heterocycles. The van der Waals surface area contributed by atoms with Gasteiger partial charge in [-0.05, 0) is 38.1 Å². The van der Waals surface area contributed by atoms with E-state index in [-0.39, 0.29) is 5.56 Å². The molecule has 1 aromatic carbocycles. The van der Waals surface area contributed by atoms with Crippen molar-refractivity contribution in [2.45, 2.75) is 26.4 Å². The summed E-state index contributed by atoms with van der Waals surface area (Å²) in [5.41, 5.74) is 8.30. The van der Waals surface area contributed by atoms with Crippen molar-refractivity contribution in [3.8, 4) is 0 Å². The topological polar surface area (TPSA) is 84.4 Å². The predicted octanol–water partition coefficient (Wildman–Crippen LogP) is 2.38. The Hall–Kier alpha value is -2.50. The van der Waals surface area contributed by atoms with Crippen molar-refractivity contribution in [2.75, 3.05) is 17.7 Å². The first-order valence-electron chi connectivity index (χ1n) is 6.76. The summed E-state index contributed by atoms with van der Waals surface area (Å²) in [4.78, 5) is 12.9. The van der Waals surface area contributed by atoms with Gasteiger partial charge in [0, 0.05) is 19.3 Å². The largest absolute Gasteiger partial charge is 0.478 e. The van der Waals surface area contributed by atoms with Crippen molar-refractivity contribution in [3.63, 3.8) is 0 Å². The van der Waals surface area contributed by atoms with E-state index in [4.69, 9.17) is 10.8 Å². The minimum Gasteiger partial charge on any atom is -0.478 e.